The van der Waals surface area contributed by atoms with E-state index in [-0.39, 0.29) is 18.9 Å². The van der Waals surface area contributed by atoms with Crippen LogP contribution in [0.1, 0.15) is 26.2 Å². The first-order chi connectivity index (χ1) is 22.3. The number of carbonyl (C=O) groups excluding carboxylic acids is 1. The molecule has 0 radical (unpaired) electrons. The summed E-state index contributed by atoms with van der Waals surface area (Å²) in [4.78, 5) is 23.5. The third-order valence-corrected chi connectivity index (χ3v) is 10.9. The maximum atomic E-state index is 13.6. The lowest BCUT2D eigenvalue weighted by Crippen LogP contribution is -2.56. The number of pyridine rings is 1. The molecule has 6 heterocycles. The molecular formula is C30H39F3N10O3S. The van der Waals surface area contributed by atoms with Gasteiger partial charge in [-0.25, -0.2) is 12.9 Å². The molecule has 3 aromatic heterocycles. The molecule has 254 valence electrons. The molecule has 1 amide bonds. The van der Waals surface area contributed by atoms with Crippen molar-refractivity contribution in [2.75, 3.05) is 62.3 Å². The zero-order valence-electron chi connectivity index (χ0n) is 26.4. The second-order valence-corrected chi connectivity index (χ2v) is 14.2. The Morgan fingerprint density at radius 1 is 1.15 bits per heavy atom. The minimum atomic E-state index is -4.67. The summed E-state index contributed by atoms with van der Waals surface area (Å²) >= 11 is 0. The number of fused-ring (bicyclic) bond motifs is 3. The van der Waals surface area contributed by atoms with E-state index in [1.54, 1.807) is 34.7 Å². The SMILES string of the molecule is C=C(CS(=O)(=O)N1C2CCC1CN(c1cccn3nc(Nc4cnn(CC(=O)N5CCN(C)CC5)c4)nc13)C2)/C(=C\CC)C(F)(F)F. The number of nitrogens with zero attached hydrogens (tertiary/aromatic N) is 9. The fraction of sp³-hybridized carbons (Fsp3) is 0.533. The monoisotopic (exact) mass is 676 g/mol. The number of amides is 1. The Balaban J connectivity index is 1.13. The molecule has 3 fully saturated rings. The van der Waals surface area contributed by atoms with Crippen LogP contribution in [0.15, 0.2) is 54.5 Å². The Bertz CT molecular complexity index is 1760. The van der Waals surface area contributed by atoms with Gasteiger partial charge in [0.25, 0.3) is 0 Å². The van der Waals surface area contributed by atoms with Crippen molar-refractivity contribution in [3.05, 3.63) is 54.5 Å². The van der Waals surface area contributed by atoms with E-state index in [0.29, 0.717) is 56.3 Å². The van der Waals surface area contributed by atoms with E-state index in [1.165, 1.54) is 4.31 Å². The maximum absolute atomic E-state index is 13.6. The number of alkyl halides is 3. The highest BCUT2D eigenvalue weighted by atomic mass is 32.2. The largest absolute Gasteiger partial charge is 0.416 e. The van der Waals surface area contributed by atoms with Gasteiger partial charge < -0.3 is 20.0 Å². The van der Waals surface area contributed by atoms with E-state index >= 15 is 0 Å². The zero-order valence-corrected chi connectivity index (χ0v) is 27.2. The third kappa shape index (κ3) is 7.01. The van der Waals surface area contributed by atoms with E-state index < -0.39 is 45.2 Å². The highest BCUT2D eigenvalue weighted by molar-refractivity contribution is 7.89. The van der Waals surface area contributed by atoms with Gasteiger partial charge in [0.15, 0.2) is 5.65 Å². The van der Waals surface area contributed by atoms with Crippen LogP contribution in [0.25, 0.3) is 5.65 Å². The normalized spacial score (nSPS) is 21.5. The number of likely N-dealkylation sites (N-methyl/N-ethyl adjacent to an activating group) is 1. The van der Waals surface area contributed by atoms with Gasteiger partial charge in [0.1, 0.15) is 6.54 Å². The van der Waals surface area contributed by atoms with Crippen molar-refractivity contribution in [2.45, 2.75) is 51.0 Å². The van der Waals surface area contributed by atoms with Crippen LogP contribution in [0.3, 0.4) is 0 Å². The molecule has 0 spiro atoms. The number of rotatable bonds is 10. The van der Waals surface area contributed by atoms with Crippen molar-refractivity contribution in [3.63, 3.8) is 0 Å². The van der Waals surface area contributed by atoms with Crippen LogP contribution in [0.4, 0.5) is 30.5 Å². The van der Waals surface area contributed by atoms with Crippen LogP contribution in [-0.4, -0.2) is 123 Å². The lowest BCUT2D eigenvalue weighted by Gasteiger charge is -2.41. The van der Waals surface area contributed by atoms with Crippen LogP contribution in [0.2, 0.25) is 0 Å². The van der Waals surface area contributed by atoms with Gasteiger partial charge in [-0.05, 0) is 44.0 Å². The number of aromatic nitrogens is 5. The molecule has 13 nitrogen and oxygen atoms in total. The van der Waals surface area contributed by atoms with Crippen molar-refractivity contribution in [3.8, 4) is 0 Å². The first-order valence-corrected chi connectivity index (χ1v) is 17.3. The quantitative estimate of drug-likeness (QED) is 0.323. The third-order valence-electron chi connectivity index (χ3n) is 8.91. The van der Waals surface area contributed by atoms with Gasteiger partial charge in [-0.2, -0.15) is 27.6 Å². The number of anilines is 3. The lowest BCUT2D eigenvalue weighted by molar-refractivity contribution is -0.133. The first kappa shape index (κ1) is 33.0. The zero-order chi connectivity index (χ0) is 33.5. The highest BCUT2D eigenvalue weighted by Gasteiger charge is 2.47. The predicted molar refractivity (Wildman–Crippen MR) is 171 cm³/mol. The molecule has 47 heavy (non-hydrogen) atoms. The van der Waals surface area contributed by atoms with E-state index in [1.807, 2.05) is 24.1 Å². The van der Waals surface area contributed by atoms with E-state index in [9.17, 15) is 26.4 Å². The average molecular weight is 677 g/mol. The Labute approximate surface area is 271 Å². The summed E-state index contributed by atoms with van der Waals surface area (Å²) in [6.07, 6.45) is 2.73. The smallest absolute Gasteiger partial charge is 0.365 e. The minimum absolute atomic E-state index is 0.00873. The molecule has 3 aliphatic heterocycles. The fourth-order valence-electron chi connectivity index (χ4n) is 6.68. The molecule has 17 heteroatoms. The van der Waals surface area contributed by atoms with Gasteiger partial charge in [-0.15, -0.1) is 5.10 Å². The molecule has 3 aromatic rings. The van der Waals surface area contributed by atoms with Gasteiger partial charge in [-0.1, -0.05) is 19.6 Å². The molecule has 0 saturated carbocycles. The molecule has 2 bridgehead atoms. The van der Waals surface area contributed by atoms with Crippen LogP contribution in [0.5, 0.6) is 0 Å². The first-order valence-electron chi connectivity index (χ1n) is 15.6. The van der Waals surface area contributed by atoms with Crippen LogP contribution in [0, 0.1) is 0 Å². The Morgan fingerprint density at radius 2 is 1.85 bits per heavy atom. The number of piperazine rings is 2. The second kappa shape index (κ2) is 12.9. The molecular weight excluding hydrogens is 637 g/mol. The number of halogens is 3. The van der Waals surface area contributed by atoms with Gasteiger partial charge in [0.2, 0.25) is 21.9 Å². The van der Waals surface area contributed by atoms with E-state index in [2.05, 4.69) is 31.9 Å². The summed E-state index contributed by atoms with van der Waals surface area (Å²) in [7, 11) is -2.01. The molecule has 0 aliphatic carbocycles. The number of hydrogen-bond donors (Lipinski definition) is 1. The second-order valence-electron chi connectivity index (χ2n) is 12.3. The Morgan fingerprint density at radius 3 is 2.51 bits per heavy atom. The summed E-state index contributed by atoms with van der Waals surface area (Å²) < 4.78 is 72.3. The summed E-state index contributed by atoms with van der Waals surface area (Å²) in [6.45, 7) is 8.99. The molecule has 1 N–H and O–H groups in total. The number of allylic oxidation sites excluding steroid dienone is 2. The van der Waals surface area contributed by atoms with Crippen LogP contribution >= 0.6 is 0 Å². The lowest BCUT2D eigenvalue weighted by atomic mass is 10.1. The highest BCUT2D eigenvalue weighted by Crippen LogP contribution is 2.38. The van der Waals surface area contributed by atoms with Crippen LogP contribution in [-0.2, 0) is 21.4 Å². The van der Waals surface area contributed by atoms with Crippen LogP contribution < -0.4 is 10.2 Å². The molecule has 6 rings (SSSR count). The molecule has 2 unspecified atom stereocenters. The average Bonchev–Trinajstić information content (AvgIpc) is 3.70. The van der Waals surface area contributed by atoms with Crippen molar-refractivity contribution >= 4 is 38.9 Å². The predicted octanol–water partition coefficient (Wildman–Crippen LogP) is 2.88. The topological polar surface area (TPSA) is 124 Å². The van der Waals surface area contributed by atoms with Crippen molar-refractivity contribution in [1.82, 2.24) is 38.5 Å². The minimum Gasteiger partial charge on any atom is -0.365 e. The van der Waals surface area contributed by atoms with Crippen molar-refractivity contribution < 1.29 is 26.4 Å². The fourth-order valence-corrected chi connectivity index (χ4v) is 8.68. The number of sulfonamides is 1. The Kier molecular flexibility index (Phi) is 9.06. The van der Waals surface area contributed by atoms with Gasteiger partial charge in [0.05, 0.1) is 28.9 Å². The maximum Gasteiger partial charge on any atom is 0.416 e. The number of nitrogens with one attached hydrogen (secondary N) is 1. The van der Waals surface area contributed by atoms with Crippen molar-refractivity contribution in [1.29, 1.82) is 0 Å². The Hall–Kier alpha value is -3.96. The van der Waals surface area contributed by atoms with E-state index in [4.69, 9.17) is 4.98 Å². The summed E-state index contributed by atoms with van der Waals surface area (Å²) in [5.74, 6) is -0.444. The molecule has 0 aromatic carbocycles. The number of hydrogen-bond acceptors (Lipinski definition) is 9. The van der Waals surface area contributed by atoms with Gasteiger partial charge in [-0.3, -0.25) is 9.48 Å². The van der Waals surface area contributed by atoms with Gasteiger partial charge >= 0.3 is 6.18 Å². The summed E-state index contributed by atoms with van der Waals surface area (Å²) in [5.41, 5.74) is 0.529. The van der Waals surface area contributed by atoms with Gasteiger partial charge in [0, 0.05) is 63.7 Å². The standard InChI is InChI=1S/C30H39F3N10O3S/c1-4-6-25(30(31,32)33)21(2)20-47(45,46)43-23-8-9-24(43)18-40(17-23)26-7-5-10-42-28(26)36-29(37-42)35-22-15-34-41(16-22)19-27(44)39-13-11-38(3)12-14-39/h5-7,10,15-16,23-24H,2,4,8-9,11-14,17-20H2,1,3H3,(H,35,37)/b25-6+. The summed E-state index contributed by atoms with van der Waals surface area (Å²) in [6, 6.07) is 2.94. The molecule has 3 aliphatic rings. The van der Waals surface area contributed by atoms with Crippen molar-refractivity contribution in [2.24, 2.45) is 0 Å². The summed E-state index contributed by atoms with van der Waals surface area (Å²) in [5, 5.41) is 12.0. The number of carbonyl (C=O) groups is 1. The van der Waals surface area contributed by atoms with E-state index in [0.717, 1.165) is 24.9 Å². The molecule has 3 saturated heterocycles. The molecule has 2 atom stereocenters.